The van der Waals surface area contributed by atoms with E-state index in [1.807, 2.05) is 18.2 Å². The van der Waals surface area contributed by atoms with Crippen LogP contribution in [-0.4, -0.2) is 19.1 Å². The monoisotopic (exact) mass is 301 g/mol. The van der Waals surface area contributed by atoms with Gasteiger partial charge in [-0.3, -0.25) is 4.79 Å². The van der Waals surface area contributed by atoms with Crippen LogP contribution in [0.2, 0.25) is 5.02 Å². The van der Waals surface area contributed by atoms with E-state index in [2.05, 4.69) is 11.4 Å². The number of ether oxygens (including phenoxy) is 1. The molecule has 3 rings (SSSR count). The molecule has 1 aliphatic heterocycles. The van der Waals surface area contributed by atoms with Gasteiger partial charge in [0.25, 0.3) is 5.91 Å². The zero-order valence-electron chi connectivity index (χ0n) is 11.5. The highest BCUT2D eigenvalue weighted by Crippen LogP contribution is 2.26. The molecule has 1 aliphatic rings. The molecule has 4 heteroatoms. The Balaban J connectivity index is 1.56. The van der Waals surface area contributed by atoms with E-state index in [1.165, 1.54) is 5.56 Å². The van der Waals surface area contributed by atoms with Gasteiger partial charge in [-0.15, -0.1) is 0 Å². The molecule has 3 nitrogen and oxygen atoms in total. The highest BCUT2D eigenvalue weighted by molar-refractivity contribution is 6.30. The third-order valence-corrected chi connectivity index (χ3v) is 3.87. The second-order valence-corrected chi connectivity index (χ2v) is 5.64. The maximum absolute atomic E-state index is 12.0. The van der Waals surface area contributed by atoms with Gasteiger partial charge >= 0.3 is 0 Å². The first-order chi connectivity index (χ1) is 10.2. The average molecular weight is 302 g/mol. The molecule has 0 bridgehead atoms. The molecule has 2 aromatic rings. The number of hydrogen-bond acceptors (Lipinski definition) is 2. The molecule has 21 heavy (non-hydrogen) atoms. The standard InChI is InChI=1S/C17H16ClNO2/c18-15-7-5-13(6-8-15)17(20)19-10-12-9-14-3-1-2-4-16(14)21-11-12/h1-8,12H,9-11H2,(H,19,20). The highest BCUT2D eigenvalue weighted by atomic mass is 35.5. The van der Waals surface area contributed by atoms with Crippen molar-refractivity contribution in [3.05, 3.63) is 64.7 Å². The van der Waals surface area contributed by atoms with E-state index >= 15 is 0 Å². The van der Waals surface area contributed by atoms with E-state index in [4.69, 9.17) is 16.3 Å². The second-order valence-electron chi connectivity index (χ2n) is 5.21. The summed E-state index contributed by atoms with van der Waals surface area (Å²) in [6.45, 7) is 1.24. The Kier molecular flexibility index (Phi) is 4.11. The minimum atomic E-state index is -0.0782. The molecule has 1 N–H and O–H groups in total. The number of hydrogen-bond donors (Lipinski definition) is 1. The third kappa shape index (κ3) is 3.37. The van der Waals surface area contributed by atoms with Crippen LogP contribution >= 0.6 is 11.6 Å². The minimum absolute atomic E-state index is 0.0782. The van der Waals surface area contributed by atoms with Crippen molar-refractivity contribution < 1.29 is 9.53 Å². The van der Waals surface area contributed by atoms with E-state index in [9.17, 15) is 4.79 Å². The summed E-state index contributed by atoms with van der Waals surface area (Å²) in [6.07, 6.45) is 0.928. The quantitative estimate of drug-likeness (QED) is 0.944. The average Bonchev–Trinajstić information content (AvgIpc) is 2.53. The summed E-state index contributed by atoms with van der Waals surface area (Å²) in [4.78, 5) is 12.0. The molecule has 1 unspecified atom stereocenters. The van der Waals surface area contributed by atoms with Gasteiger partial charge in [-0.1, -0.05) is 29.8 Å². The Labute approximate surface area is 128 Å². The molecular formula is C17H16ClNO2. The van der Waals surface area contributed by atoms with Gasteiger partial charge in [0, 0.05) is 23.0 Å². The van der Waals surface area contributed by atoms with Gasteiger partial charge in [-0.05, 0) is 42.3 Å². The van der Waals surface area contributed by atoms with Gasteiger partial charge in [-0.2, -0.15) is 0 Å². The minimum Gasteiger partial charge on any atom is -0.493 e. The van der Waals surface area contributed by atoms with Crippen molar-refractivity contribution in [1.29, 1.82) is 0 Å². The molecule has 1 atom stereocenters. The lowest BCUT2D eigenvalue weighted by molar-refractivity contribution is 0.0939. The molecule has 0 spiro atoms. The Morgan fingerprint density at radius 3 is 2.76 bits per heavy atom. The maximum atomic E-state index is 12.0. The number of carbonyl (C=O) groups is 1. The van der Waals surface area contributed by atoms with Crippen LogP contribution in [-0.2, 0) is 6.42 Å². The van der Waals surface area contributed by atoms with Crippen molar-refractivity contribution >= 4 is 17.5 Å². The van der Waals surface area contributed by atoms with Crippen LogP contribution in [0.3, 0.4) is 0 Å². The predicted molar refractivity (Wildman–Crippen MR) is 82.9 cm³/mol. The fourth-order valence-electron chi connectivity index (χ4n) is 2.46. The maximum Gasteiger partial charge on any atom is 0.251 e. The fourth-order valence-corrected chi connectivity index (χ4v) is 2.59. The van der Waals surface area contributed by atoms with Crippen LogP contribution in [0, 0.1) is 5.92 Å². The molecule has 108 valence electrons. The van der Waals surface area contributed by atoms with Gasteiger partial charge in [-0.25, -0.2) is 0 Å². The van der Waals surface area contributed by atoms with Crippen LogP contribution in [0.5, 0.6) is 5.75 Å². The smallest absolute Gasteiger partial charge is 0.251 e. The molecule has 1 amide bonds. The first-order valence-electron chi connectivity index (χ1n) is 6.97. The summed E-state index contributed by atoms with van der Waals surface area (Å²) >= 11 is 5.81. The molecule has 0 saturated heterocycles. The summed E-state index contributed by atoms with van der Waals surface area (Å²) in [6, 6.07) is 14.9. The number of amides is 1. The van der Waals surface area contributed by atoms with E-state index in [0.717, 1.165) is 12.2 Å². The zero-order chi connectivity index (χ0) is 14.7. The lowest BCUT2D eigenvalue weighted by Crippen LogP contribution is -2.34. The van der Waals surface area contributed by atoms with Crippen LogP contribution in [0.15, 0.2) is 48.5 Å². The van der Waals surface area contributed by atoms with Gasteiger partial charge < -0.3 is 10.1 Å². The SMILES string of the molecule is O=C(NCC1COc2ccccc2C1)c1ccc(Cl)cc1. The molecule has 0 aromatic heterocycles. The summed E-state index contributed by atoms with van der Waals surface area (Å²) < 4.78 is 5.72. The second kappa shape index (κ2) is 6.19. The summed E-state index contributed by atoms with van der Waals surface area (Å²) in [5, 5.41) is 3.59. The Bertz CT molecular complexity index is 639. The van der Waals surface area contributed by atoms with E-state index < -0.39 is 0 Å². The van der Waals surface area contributed by atoms with Crippen molar-refractivity contribution in [2.45, 2.75) is 6.42 Å². The fraction of sp³-hybridized carbons (Fsp3) is 0.235. The van der Waals surface area contributed by atoms with Crippen LogP contribution in [0.25, 0.3) is 0 Å². The third-order valence-electron chi connectivity index (χ3n) is 3.61. The molecule has 0 radical (unpaired) electrons. The molecule has 2 aromatic carbocycles. The van der Waals surface area contributed by atoms with E-state index in [0.29, 0.717) is 29.7 Å². The summed E-state index contributed by atoms with van der Waals surface area (Å²) in [5.74, 6) is 1.18. The van der Waals surface area contributed by atoms with E-state index in [1.54, 1.807) is 24.3 Å². The Hall–Kier alpha value is -2.00. The van der Waals surface area contributed by atoms with E-state index in [-0.39, 0.29) is 5.91 Å². The number of halogens is 1. The topological polar surface area (TPSA) is 38.3 Å². The summed E-state index contributed by atoms with van der Waals surface area (Å²) in [7, 11) is 0. The van der Waals surface area contributed by atoms with Gasteiger partial charge in [0.1, 0.15) is 5.75 Å². The normalized spacial score (nSPS) is 16.7. The van der Waals surface area contributed by atoms with Gasteiger partial charge in [0.2, 0.25) is 0 Å². The number of para-hydroxylation sites is 1. The van der Waals surface area contributed by atoms with Crippen molar-refractivity contribution in [3.63, 3.8) is 0 Å². The van der Waals surface area contributed by atoms with Crippen LogP contribution < -0.4 is 10.1 Å². The number of nitrogens with one attached hydrogen (secondary N) is 1. The lowest BCUT2D eigenvalue weighted by atomic mass is 9.96. The largest absolute Gasteiger partial charge is 0.493 e. The number of fused-ring (bicyclic) bond motifs is 1. The number of benzene rings is 2. The Morgan fingerprint density at radius 1 is 1.19 bits per heavy atom. The van der Waals surface area contributed by atoms with Gasteiger partial charge in [0.15, 0.2) is 0 Å². The molecular weight excluding hydrogens is 286 g/mol. The highest BCUT2D eigenvalue weighted by Gasteiger charge is 2.20. The molecule has 0 fully saturated rings. The first-order valence-corrected chi connectivity index (χ1v) is 7.34. The lowest BCUT2D eigenvalue weighted by Gasteiger charge is -2.25. The van der Waals surface area contributed by atoms with Crippen molar-refractivity contribution in [3.8, 4) is 5.75 Å². The summed E-state index contributed by atoms with van der Waals surface area (Å²) in [5.41, 5.74) is 1.83. The van der Waals surface area contributed by atoms with Gasteiger partial charge in [0.05, 0.1) is 6.61 Å². The number of rotatable bonds is 3. The first kappa shape index (κ1) is 14.0. The van der Waals surface area contributed by atoms with Crippen molar-refractivity contribution in [2.75, 3.05) is 13.2 Å². The van der Waals surface area contributed by atoms with Crippen molar-refractivity contribution in [1.82, 2.24) is 5.32 Å². The number of carbonyl (C=O) groups excluding carboxylic acids is 1. The van der Waals surface area contributed by atoms with Crippen molar-refractivity contribution in [2.24, 2.45) is 5.92 Å². The van der Waals surface area contributed by atoms with Crippen LogP contribution in [0.4, 0.5) is 0 Å². The molecule has 1 heterocycles. The molecule has 0 aliphatic carbocycles. The van der Waals surface area contributed by atoms with Crippen LogP contribution in [0.1, 0.15) is 15.9 Å². The predicted octanol–water partition coefficient (Wildman–Crippen LogP) is 3.32. The zero-order valence-corrected chi connectivity index (χ0v) is 12.3. The molecule has 0 saturated carbocycles. The Morgan fingerprint density at radius 2 is 1.95 bits per heavy atom.